The highest BCUT2D eigenvalue weighted by Crippen LogP contribution is 2.31. The average molecular weight is 251 g/mol. The van der Waals surface area contributed by atoms with Gasteiger partial charge in [0, 0.05) is 24.7 Å². The fraction of sp³-hybridized carbons (Fsp3) is 1.00. The molecule has 1 N–H and O–H groups in total. The second kappa shape index (κ2) is 5.89. The van der Waals surface area contributed by atoms with E-state index in [1.54, 1.807) is 0 Å². The van der Waals surface area contributed by atoms with Gasteiger partial charge in [-0.15, -0.1) is 0 Å². The fourth-order valence-electron chi connectivity index (χ4n) is 4.35. The molecule has 3 rings (SSSR count). The van der Waals surface area contributed by atoms with Crippen molar-refractivity contribution in [2.24, 2.45) is 0 Å². The minimum absolute atomic E-state index is 0.822. The Balaban J connectivity index is 1.62. The lowest BCUT2D eigenvalue weighted by atomic mass is 9.94. The van der Waals surface area contributed by atoms with E-state index in [1.165, 1.54) is 71.2 Å². The van der Waals surface area contributed by atoms with E-state index in [0.717, 1.165) is 18.1 Å². The summed E-state index contributed by atoms with van der Waals surface area (Å²) in [6.07, 6.45) is 8.42. The lowest BCUT2D eigenvalue weighted by Crippen LogP contribution is -2.51. The largest absolute Gasteiger partial charge is 0.315 e. The Labute approximate surface area is 112 Å². The average Bonchev–Trinajstić information content (AvgIpc) is 3.05. The van der Waals surface area contributed by atoms with Crippen LogP contribution in [0.2, 0.25) is 0 Å². The standard InChI is InChI=1S/C15H29N3/c1-2-8-18(15-5-7-16-12-15)14-6-10-17-9-3-4-13(17)11-14/h13-16H,2-12H2,1H3. The van der Waals surface area contributed by atoms with Gasteiger partial charge >= 0.3 is 0 Å². The molecule has 0 aromatic heterocycles. The number of hydrogen-bond donors (Lipinski definition) is 1. The highest BCUT2D eigenvalue weighted by Gasteiger charge is 2.36. The molecule has 3 aliphatic heterocycles. The van der Waals surface area contributed by atoms with Gasteiger partial charge in [0.15, 0.2) is 0 Å². The van der Waals surface area contributed by atoms with Crippen molar-refractivity contribution >= 4 is 0 Å². The molecular formula is C15H29N3. The predicted octanol–water partition coefficient (Wildman–Crippen LogP) is 1.69. The molecule has 0 bridgehead atoms. The van der Waals surface area contributed by atoms with Crippen molar-refractivity contribution in [1.82, 2.24) is 15.1 Å². The van der Waals surface area contributed by atoms with Crippen LogP contribution in [-0.2, 0) is 0 Å². The molecule has 3 atom stereocenters. The molecule has 3 heterocycles. The second-order valence-electron chi connectivity index (χ2n) is 6.39. The number of piperidine rings is 1. The van der Waals surface area contributed by atoms with Crippen LogP contribution < -0.4 is 5.32 Å². The molecule has 3 heteroatoms. The van der Waals surface area contributed by atoms with Crippen LogP contribution in [0.5, 0.6) is 0 Å². The SMILES string of the molecule is CCCN(C1CCNC1)C1CCN2CCCC2C1. The van der Waals surface area contributed by atoms with Crippen LogP contribution >= 0.6 is 0 Å². The van der Waals surface area contributed by atoms with E-state index in [0.29, 0.717) is 0 Å². The van der Waals surface area contributed by atoms with Gasteiger partial charge in [0.05, 0.1) is 0 Å². The van der Waals surface area contributed by atoms with Crippen molar-refractivity contribution in [2.75, 3.05) is 32.7 Å². The first-order chi connectivity index (χ1) is 8.88. The summed E-state index contributed by atoms with van der Waals surface area (Å²) in [6.45, 7) is 8.83. The van der Waals surface area contributed by atoms with Gasteiger partial charge in [0.2, 0.25) is 0 Å². The van der Waals surface area contributed by atoms with E-state index in [9.17, 15) is 0 Å². The van der Waals surface area contributed by atoms with Crippen LogP contribution in [0.3, 0.4) is 0 Å². The maximum absolute atomic E-state index is 3.54. The Kier molecular flexibility index (Phi) is 4.22. The first-order valence-electron chi connectivity index (χ1n) is 8.09. The third kappa shape index (κ3) is 2.59. The van der Waals surface area contributed by atoms with E-state index in [-0.39, 0.29) is 0 Å². The first kappa shape index (κ1) is 12.9. The minimum Gasteiger partial charge on any atom is -0.315 e. The molecule has 0 amide bonds. The van der Waals surface area contributed by atoms with E-state index in [2.05, 4.69) is 22.0 Å². The van der Waals surface area contributed by atoms with Crippen molar-refractivity contribution in [3.8, 4) is 0 Å². The number of rotatable bonds is 4. The Hall–Kier alpha value is -0.120. The van der Waals surface area contributed by atoms with Crippen molar-refractivity contribution in [3.05, 3.63) is 0 Å². The fourth-order valence-corrected chi connectivity index (χ4v) is 4.35. The van der Waals surface area contributed by atoms with Crippen LogP contribution in [0.25, 0.3) is 0 Å². The summed E-state index contributed by atoms with van der Waals surface area (Å²) in [7, 11) is 0. The summed E-state index contributed by atoms with van der Waals surface area (Å²) in [4.78, 5) is 5.60. The maximum atomic E-state index is 3.54. The monoisotopic (exact) mass is 251 g/mol. The molecule has 3 fully saturated rings. The summed E-state index contributed by atoms with van der Waals surface area (Å²) >= 11 is 0. The zero-order chi connectivity index (χ0) is 12.4. The summed E-state index contributed by atoms with van der Waals surface area (Å²) in [5, 5.41) is 3.54. The Morgan fingerprint density at radius 3 is 2.89 bits per heavy atom. The van der Waals surface area contributed by atoms with Gasteiger partial charge in [-0.3, -0.25) is 4.90 Å². The third-order valence-electron chi connectivity index (χ3n) is 5.25. The highest BCUT2D eigenvalue weighted by molar-refractivity contribution is 4.93. The van der Waals surface area contributed by atoms with Gasteiger partial charge in [-0.05, 0) is 64.7 Å². The molecule has 0 radical (unpaired) electrons. The quantitative estimate of drug-likeness (QED) is 0.820. The van der Waals surface area contributed by atoms with Crippen molar-refractivity contribution < 1.29 is 0 Å². The number of fused-ring (bicyclic) bond motifs is 1. The molecule has 0 aliphatic carbocycles. The lowest BCUT2D eigenvalue weighted by molar-refractivity contribution is 0.0625. The van der Waals surface area contributed by atoms with Gasteiger partial charge in [-0.1, -0.05) is 6.92 Å². The molecule has 3 saturated heterocycles. The zero-order valence-corrected chi connectivity index (χ0v) is 11.9. The van der Waals surface area contributed by atoms with E-state index >= 15 is 0 Å². The lowest BCUT2D eigenvalue weighted by Gasteiger charge is -2.43. The molecular weight excluding hydrogens is 222 g/mol. The van der Waals surface area contributed by atoms with Crippen LogP contribution in [0, 0.1) is 0 Å². The Morgan fingerprint density at radius 2 is 2.11 bits per heavy atom. The number of nitrogens with zero attached hydrogens (tertiary/aromatic N) is 2. The second-order valence-corrected chi connectivity index (χ2v) is 6.39. The van der Waals surface area contributed by atoms with Crippen LogP contribution in [0.1, 0.15) is 45.4 Å². The van der Waals surface area contributed by atoms with Gasteiger partial charge in [0.1, 0.15) is 0 Å². The molecule has 0 aromatic rings. The first-order valence-corrected chi connectivity index (χ1v) is 8.09. The van der Waals surface area contributed by atoms with Crippen molar-refractivity contribution in [1.29, 1.82) is 0 Å². The minimum atomic E-state index is 0.822. The number of hydrogen-bond acceptors (Lipinski definition) is 3. The summed E-state index contributed by atoms with van der Waals surface area (Å²) in [5.41, 5.74) is 0. The van der Waals surface area contributed by atoms with Gasteiger partial charge in [-0.25, -0.2) is 0 Å². The van der Waals surface area contributed by atoms with Crippen LogP contribution in [0.15, 0.2) is 0 Å². The summed E-state index contributed by atoms with van der Waals surface area (Å²) < 4.78 is 0. The normalized spacial score (nSPS) is 37.3. The predicted molar refractivity (Wildman–Crippen MR) is 75.9 cm³/mol. The van der Waals surface area contributed by atoms with Crippen LogP contribution in [-0.4, -0.2) is 60.6 Å². The molecule has 104 valence electrons. The third-order valence-corrected chi connectivity index (χ3v) is 5.25. The summed E-state index contributed by atoms with van der Waals surface area (Å²) in [6, 6.07) is 2.61. The summed E-state index contributed by atoms with van der Waals surface area (Å²) in [5.74, 6) is 0. The topological polar surface area (TPSA) is 18.5 Å². The molecule has 0 spiro atoms. The van der Waals surface area contributed by atoms with Gasteiger partial charge in [-0.2, -0.15) is 0 Å². The smallest absolute Gasteiger partial charge is 0.0235 e. The van der Waals surface area contributed by atoms with Gasteiger partial charge in [0.25, 0.3) is 0 Å². The molecule has 3 unspecified atom stereocenters. The Morgan fingerprint density at radius 1 is 1.17 bits per heavy atom. The Bertz CT molecular complexity index is 262. The molecule has 3 aliphatic rings. The molecule has 18 heavy (non-hydrogen) atoms. The highest BCUT2D eigenvalue weighted by atomic mass is 15.3. The van der Waals surface area contributed by atoms with E-state index in [4.69, 9.17) is 0 Å². The van der Waals surface area contributed by atoms with Crippen molar-refractivity contribution in [3.63, 3.8) is 0 Å². The number of nitrogens with one attached hydrogen (secondary N) is 1. The van der Waals surface area contributed by atoms with E-state index < -0.39 is 0 Å². The van der Waals surface area contributed by atoms with E-state index in [1.807, 2.05) is 0 Å². The maximum Gasteiger partial charge on any atom is 0.0235 e. The zero-order valence-electron chi connectivity index (χ0n) is 11.9. The molecule has 3 nitrogen and oxygen atoms in total. The van der Waals surface area contributed by atoms with Crippen LogP contribution in [0.4, 0.5) is 0 Å². The molecule has 0 aromatic carbocycles. The van der Waals surface area contributed by atoms with Gasteiger partial charge < -0.3 is 10.2 Å². The van der Waals surface area contributed by atoms with Crippen molar-refractivity contribution in [2.45, 2.75) is 63.6 Å². The molecule has 0 saturated carbocycles.